The minimum absolute atomic E-state index is 0.129. The lowest BCUT2D eigenvalue weighted by atomic mass is 9.79. The van der Waals surface area contributed by atoms with E-state index < -0.39 is 23.4 Å². The number of hydrogen-bond acceptors (Lipinski definition) is 4. The van der Waals surface area contributed by atoms with Crippen LogP contribution in [0.1, 0.15) is 36.1 Å². The molecule has 0 fully saturated rings. The van der Waals surface area contributed by atoms with Gasteiger partial charge in [-0.05, 0) is 46.2 Å². The van der Waals surface area contributed by atoms with Crippen LogP contribution in [-0.2, 0) is 31.1 Å². The molecule has 0 saturated carbocycles. The van der Waals surface area contributed by atoms with Crippen molar-refractivity contribution in [2.75, 3.05) is 13.2 Å². The van der Waals surface area contributed by atoms with Crippen LogP contribution >= 0.6 is 0 Å². The Morgan fingerprint density at radius 1 is 0.614 bits per heavy atom. The van der Waals surface area contributed by atoms with Gasteiger partial charge in [0.15, 0.2) is 5.78 Å². The number of hydrogen-bond donors (Lipinski definition) is 0. The number of ketones is 1. The number of benzene rings is 5. The quantitative estimate of drug-likeness (QED) is 0.0796. The summed E-state index contributed by atoms with van der Waals surface area (Å²) in [6, 6.07) is 48.3. The zero-order valence-electron chi connectivity index (χ0n) is 25.3. The Morgan fingerprint density at radius 2 is 1.05 bits per heavy atom. The number of carbonyl (C=O) groups excluding carboxylic acids is 2. The number of rotatable bonds is 13. The first-order valence-electron chi connectivity index (χ1n) is 15.2. The van der Waals surface area contributed by atoms with Crippen molar-refractivity contribution in [1.82, 2.24) is 0 Å². The molecular weight excluding hydrogens is 544 g/mol. The van der Waals surface area contributed by atoms with Gasteiger partial charge in [-0.25, -0.2) is 0 Å². The number of carbonyl (C=O) groups is 2. The third-order valence-corrected chi connectivity index (χ3v) is 8.00. The molecular formula is C40H38O4. The van der Waals surface area contributed by atoms with Crippen molar-refractivity contribution in [1.29, 1.82) is 0 Å². The van der Waals surface area contributed by atoms with Crippen LogP contribution in [0.3, 0.4) is 0 Å². The van der Waals surface area contributed by atoms with Crippen molar-refractivity contribution in [2.45, 2.75) is 25.9 Å². The van der Waals surface area contributed by atoms with E-state index in [1.165, 1.54) is 0 Å². The molecule has 0 heterocycles. The smallest absolute Gasteiger partial charge is 0.316 e. The Hall–Kier alpha value is -4.80. The third kappa shape index (κ3) is 6.88. The van der Waals surface area contributed by atoms with Gasteiger partial charge in [-0.3, -0.25) is 9.59 Å². The summed E-state index contributed by atoms with van der Waals surface area (Å²) in [5, 5.41) is 0. The fraction of sp³-hybridized carbons (Fsp3) is 0.200. The minimum Gasteiger partial charge on any atom is -0.465 e. The summed E-state index contributed by atoms with van der Waals surface area (Å²) >= 11 is 0. The van der Waals surface area contributed by atoms with Crippen LogP contribution in [0.5, 0.6) is 0 Å². The maximum absolute atomic E-state index is 13.8. The molecule has 4 heteroatoms. The lowest BCUT2D eigenvalue weighted by Gasteiger charge is -2.37. The SMILES string of the molecule is CCOC(=O)C(C(=O)Cc1ccc(-c2ccccc2)cc1)[C@@H](C)COC(c1ccccc1)(c1ccccc1)c1ccccc1. The molecule has 222 valence electrons. The molecule has 5 rings (SSSR count). The second-order valence-corrected chi connectivity index (χ2v) is 11.0. The fourth-order valence-corrected chi connectivity index (χ4v) is 5.79. The van der Waals surface area contributed by atoms with Crippen molar-refractivity contribution in [3.05, 3.63) is 168 Å². The molecule has 0 aliphatic carbocycles. The number of Topliss-reactive ketones (excluding diaryl/α,β-unsaturated/α-hetero) is 1. The van der Waals surface area contributed by atoms with Crippen LogP contribution in [0.4, 0.5) is 0 Å². The topological polar surface area (TPSA) is 52.6 Å². The van der Waals surface area contributed by atoms with E-state index >= 15 is 0 Å². The summed E-state index contributed by atoms with van der Waals surface area (Å²) in [6.07, 6.45) is 0.129. The van der Waals surface area contributed by atoms with Gasteiger partial charge < -0.3 is 9.47 Å². The van der Waals surface area contributed by atoms with E-state index in [9.17, 15) is 9.59 Å². The van der Waals surface area contributed by atoms with E-state index in [1.807, 2.05) is 104 Å². The first kappa shape index (κ1) is 30.7. The molecule has 0 amide bonds. The lowest BCUT2D eigenvalue weighted by Crippen LogP contribution is -2.39. The second-order valence-electron chi connectivity index (χ2n) is 11.0. The highest BCUT2D eigenvalue weighted by Crippen LogP contribution is 2.41. The van der Waals surface area contributed by atoms with Gasteiger partial charge in [-0.2, -0.15) is 0 Å². The van der Waals surface area contributed by atoms with E-state index in [2.05, 4.69) is 48.5 Å². The average Bonchev–Trinajstić information content (AvgIpc) is 3.07. The molecule has 0 radical (unpaired) electrons. The van der Waals surface area contributed by atoms with E-state index in [0.29, 0.717) is 0 Å². The minimum atomic E-state index is -0.969. The molecule has 0 saturated heterocycles. The van der Waals surface area contributed by atoms with Crippen LogP contribution in [0.25, 0.3) is 11.1 Å². The molecule has 0 N–H and O–H groups in total. The average molecular weight is 583 g/mol. The number of esters is 1. The monoisotopic (exact) mass is 582 g/mol. The molecule has 5 aromatic rings. The predicted molar refractivity (Wildman–Crippen MR) is 175 cm³/mol. The molecule has 0 spiro atoms. The van der Waals surface area contributed by atoms with Gasteiger partial charge in [-0.1, -0.05) is 153 Å². The first-order chi connectivity index (χ1) is 21.5. The van der Waals surface area contributed by atoms with Crippen molar-refractivity contribution in [2.24, 2.45) is 11.8 Å². The van der Waals surface area contributed by atoms with Gasteiger partial charge in [0.2, 0.25) is 0 Å². The summed E-state index contributed by atoms with van der Waals surface area (Å²) < 4.78 is 12.4. The molecule has 0 aliphatic heterocycles. The molecule has 4 nitrogen and oxygen atoms in total. The Morgan fingerprint density at radius 3 is 1.50 bits per heavy atom. The summed E-state index contributed by atoms with van der Waals surface area (Å²) in [5.74, 6) is -2.11. The molecule has 0 bridgehead atoms. The normalized spacial score (nSPS) is 12.7. The van der Waals surface area contributed by atoms with Crippen molar-refractivity contribution < 1.29 is 19.1 Å². The van der Waals surface area contributed by atoms with Crippen LogP contribution in [0, 0.1) is 11.8 Å². The molecule has 2 atom stereocenters. The van der Waals surface area contributed by atoms with E-state index in [-0.39, 0.29) is 25.4 Å². The van der Waals surface area contributed by atoms with Gasteiger partial charge in [-0.15, -0.1) is 0 Å². The Bertz CT molecular complexity index is 1520. The van der Waals surface area contributed by atoms with Gasteiger partial charge in [0.05, 0.1) is 13.2 Å². The third-order valence-electron chi connectivity index (χ3n) is 8.00. The Labute approximate surface area is 260 Å². The van der Waals surface area contributed by atoms with Gasteiger partial charge in [0.1, 0.15) is 11.5 Å². The molecule has 0 aliphatic rings. The van der Waals surface area contributed by atoms with Crippen molar-refractivity contribution in [3.8, 4) is 11.1 Å². The Balaban J connectivity index is 1.43. The molecule has 1 unspecified atom stereocenters. The Kier molecular flexibility index (Phi) is 10.2. The largest absolute Gasteiger partial charge is 0.465 e. The summed E-state index contributed by atoms with van der Waals surface area (Å²) in [7, 11) is 0. The standard InChI is InChI=1S/C40H38O4/c1-3-43-39(42)38(37(41)28-31-24-26-33(27-25-31)32-16-8-4-9-17-32)30(2)29-44-40(34-18-10-5-11-19-34,35-20-12-6-13-21-35)36-22-14-7-15-23-36/h4-27,30,38H,3,28-29H2,1-2H3/t30-,38?/m0/s1. The van der Waals surface area contributed by atoms with Crippen molar-refractivity contribution >= 4 is 11.8 Å². The van der Waals surface area contributed by atoms with Gasteiger partial charge >= 0.3 is 5.97 Å². The summed E-state index contributed by atoms with van der Waals surface area (Å²) in [5.41, 5.74) is 4.97. The zero-order valence-corrected chi connectivity index (χ0v) is 25.3. The highest BCUT2D eigenvalue weighted by Gasteiger charge is 2.40. The van der Waals surface area contributed by atoms with Gasteiger partial charge in [0, 0.05) is 6.42 Å². The van der Waals surface area contributed by atoms with E-state index in [4.69, 9.17) is 9.47 Å². The predicted octanol–water partition coefficient (Wildman–Crippen LogP) is 8.29. The van der Waals surface area contributed by atoms with Crippen molar-refractivity contribution in [3.63, 3.8) is 0 Å². The summed E-state index contributed by atoms with van der Waals surface area (Å²) in [4.78, 5) is 27.1. The maximum atomic E-state index is 13.8. The highest BCUT2D eigenvalue weighted by molar-refractivity contribution is 6.00. The second kappa shape index (κ2) is 14.6. The van der Waals surface area contributed by atoms with E-state index in [1.54, 1.807) is 6.92 Å². The van der Waals surface area contributed by atoms with E-state index in [0.717, 1.165) is 33.4 Å². The fourth-order valence-electron chi connectivity index (χ4n) is 5.79. The zero-order chi connectivity index (χ0) is 30.8. The summed E-state index contributed by atoms with van der Waals surface area (Å²) in [6.45, 7) is 4.00. The maximum Gasteiger partial charge on any atom is 0.316 e. The first-order valence-corrected chi connectivity index (χ1v) is 15.2. The molecule has 44 heavy (non-hydrogen) atoms. The molecule has 5 aromatic carbocycles. The van der Waals surface area contributed by atoms with Crippen LogP contribution in [0.15, 0.2) is 146 Å². The van der Waals surface area contributed by atoms with Crippen LogP contribution < -0.4 is 0 Å². The van der Waals surface area contributed by atoms with Gasteiger partial charge in [0.25, 0.3) is 0 Å². The van der Waals surface area contributed by atoms with Crippen LogP contribution in [-0.4, -0.2) is 25.0 Å². The highest BCUT2D eigenvalue weighted by atomic mass is 16.5. The lowest BCUT2D eigenvalue weighted by molar-refractivity contribution is -0.155. The number of ether oxygens (including phenoxy) is 2. The molecule has 0 aromatic heterocycles. The van der Waals surface area contributed by atoms with Crippen LogP contribution in [0.2, 0.25) is 0 Å².